The number of rotatable bonds is 1. The zero-order chi connectivity index (χ0) is 12.3. The molecular formula is C8H6Cl2FN3OS. The summed E-state index contributed by atoms with van der Waals surface area (Å²) in [6.45, 7) is 0. The number of hydrogen-bond acceptors (Lipinski definition) is 4. The Morgan fingerprint density at radius 1 is 1.62 bits per heavy atom. The van der Waals surface area contributed by atoms with Crippen LogP contribution in [0.4, 0.5) is 4.39 Å². The van der Waals surface area contributed by atoms with Gasteiger partial charge in [-0.05, 0) is 6.26 Å². The standard InChI is InChI=1S/C8H6Cl2FN3OS/c1-16-8(12)14-7(15)3-2-13-6(10)5(11)4(3)9/h2H,1H3,(H2,12,14,15). The summed E-state index contributed by atoms with van der Waals surface area (Å²) in [7, 11) is 0. The van der Waals surface area contributed by atoms with Crippen LogP contribution in [0.3, 0.4) is 0 Å². The number of halogens is 3. The Morgan fingerprint density at radius 2 is 2.25 bits per heavy atom. The molecule has 86 valence electrons. The lowest BCUT2D eigenvalue weighted by Gasteiger charge is -2.06. The molecule has 1 heterocycles. The molecule has 16 heavy (non-hydrogen) atoms. The Bertz CT molecular complexity index is 455. The van der Waals surface area contributed by atoms with E-state index < -0.39 is 21.9 Å². The fourth-order valence-electron chi connectivity index (χ4n) is 0.823. The van der Waals surface area contributed by atoms with E-state index in [9.17, 15) is 9.18 Å². The number of hydrogen-bond donors (Lipinski definition) is 2. The van der Waals surface area contributed by atoms with Crippen molar-refractivity contribution in [2.75, 3.05) is 6.26 Å². The SMILES string of the molecule is CSC(=N)NC(=O)c1cnc(Cl)c(F)c1Cl. The molecule has 1 aromatic heterocycles. The van der Waals surface area contributed by atoms with E-state index in [-0.39, 0.29) is 10.7 Å². The predicted molar refractivity (Wildman–Crippen MR) is 62.9 cm³/mol. The first-order chi connectivity index (χ1) is 7.47. The van der Waals surface area contributed by atoms with Gasteiger partial charge in [0, 0.05) is 6.20 Å². The van der Waals surface area contributed by atoms with Crippen molar-refractivity contribution in [3.05, 3.63) is 27.8 Å². The molecule has 1 rings (SSSR count). The molecule has 8 heteroatoms. The second-order valence-corrected chi connectivity index (χ2v) is 4.13. The smallest absolute Gasteiger partial charge is 0.260 e. The molecule has 1 aromatic rings. The highest BCUT2D eigenvalue weighted by atomic mass is 35.5. The van der Waals surface area contributed by atoms with Gasteiger partial charge in [0.05, 0.1) is 10.6 Å². The summed E-state index contributed by atoms with van der Waals surface area (Å²) in [6, 6.07) is 0. The quantitative estimate of drug-likeness (QED) is 0.472. The Labute approximate surface area is 105 Å². The number of nitrogens with zero attached hydrogens (tertiary/aromatic N) is 1. The summed E-state index contributed by atoms with van der Waals surface area (Å²) in [6.07, 6.45) is 2.67. The van der Waals surface area contributed by atoms with E-state index in [1.54, 1.807) is 6.26 Å². The van der Waals surface area contributed by atoms with Gasteiger partial charge in [0.25, 0.3) is 5.91 Å². The predicted octanol–water partition coefficient (Wildman–Crippen LogP) is 2.56. The number of thioether (sulfide) groups is 1. The molecule has 0 unspecified atom stereocenters. The minimum Gasteiger partial charge on any atom is -0.301 e. The molecule has 0 spiro atoms. The van der Waals surface area contributed by atoms with Gasteiger partial charge in [-0.2, -0.15) is 0 Å². The molecule has 1 amide bonds. The summed E-state index contributed by atoms with van der Waals surface area (Å²) in [4.78, 5) is 15.0. The fraction of sp³-hybridized carbons (Fsp3) is 0.125. The van der Waals surface area contributed by atoms with Crippen LogP contribution in [0, 0.1) is 11.2 Å². The van der Waals surface area contributed by atoms with Crippen molar-refractivity contribution in [2.45, 2.75) is 0 Å². The van der Waals surface area contributed by atoms with Crippen LogP contribution in [0.25, 0.3) is 0 Å². The first-order valence-electron chi connectivity index (χ1n) is 3.90. The van der Waals surface area contributed by atoms with Crippen LogP contribution < -0.4 is 5.32 Å². The van der Waals surface area contributed by atoms with Crippen molar-refractivity contribution in [3.8, 4) is 0 Å². The molecule has 0 saturated carbocycles. The Morgan fingerprint density at radius 3 is 2.81 bits per heavy atom. The molecule has 4 nitrogen and oxygen atoms in total. The molecule has 0 aromatic carbocycles. The van der Waals surface area contributed by atoms with Gasteiger partial charge in [0.2, 0.25) is 0 Å². The second-order valence-electron chi connectivity index (χ2n) is 2.58. The number of aromatic nitrogens is 1. The van der Waals surface area contributed by atoms with Crippen molar-refractivity contribution in [2.24, 2.45) is 0 Å². The highest BCUT2D eigenvalue weighted by Gasteiger charge is 2.17. The van der Waals surface area contributed by atoms with E-state index >= 15 is 0 Å². The molecule has 0 radical (unpaired) electrons. The van der Waals surface area contributed by atoms with Crippen LogP contribution in [0.1, 0.15) is 10.4 Å². The third-order valence-corrected chi connectivity index (χ3v) is 2.74. The summed E-state index contributed by atoms with van der Waals surface area (Å²) in [5, 5.41) is 8.55. The maximum atomic E-state index is 13.2. The van der Waals surface area contributed by atoms with E-state index in [1.165, 1.54) is 0 Å². The maximum absolute atomic E-state index is 13.2. The zero-order valence-electron chi connectivity index (χ0n) is 7.97. The summed E-state index contributed by atoms with van der Waals surface area (Å²) < 4.78 is 13.2. The van der Waals surface area contributed by atoms with Crippen molar-refractivity contribution in [1.82, 2.24) is 10.3 Å². The van der Waals surface area contributed by atoms with Crippen molar-refractivity contribution in [1.29, 1.82) is 5.41 Å². The number of amides is 1. The van der Waals surface area contributed by atoms with Gasteiger partial charge in [0.15, 0.2) is 16.1 Å². The van der Waals surface area contributed by atoms with E-state index in [2.05, 4.69) is 10.3 Å². The van der Waals surface area contributed by atoms with Gasteiger partial charge in [-0.1, -0.05) is 35.0 Å². The lowest BCUT2D eigenvalue weighted by Crippen LogP contribution is -2.28. The Hall–Kier alpha value is -0.850. The largest absolute Gasteiger partial charge is 0.301 e. The van der Waals surface area contributed by atoms with Crippen LogP contribution in [-0.4, -0.2) is 22.3 Å². The minimum absolute atomic E-state index is 0.0728. The van der Waals surface area contributed by atoms with Gasteiger partial charge in [-0.25, -0.2) is 9.37 Å². The van der Waals surface area contributed by atoms with E-state index in [4.69, 9.17) is 28.6 Å². The van der Waals surface area contributed by atoms with Crippen LogP contribution in [-0.2, 0) is 0 Å². The lowest BCUT2D eigenvalue weighted by molar-refractivity contribution is 0.0977. The van der Waals surface area contributed by atoms with E-state index in [0.717, 1.165) is 18.0 Å². The van der Waals surface area contributed by atoms with E-state index in [0.29, 0.717) is 0 Å². The summed E-state index contributed by atoms with van der Waals surface area (Å²) >= 11 is 12.0. The maximum Gasteiger partial charge on any atom is 0.260 e. The lowest BCUT2D eigenvalue weighted by atomic mass is 10.2. The monoisotopic (exact) mass is 281 g/mol. The summed E-state index contributed by atoms with van der Waals surface area (Å²) in [5.74, 6) is -1.65. The van der Waals surface area contributed by atoms with Crippen molar-refractivity contribution >= 4 is 46.0 Å². The molecule has 0 fully saturated rings. The molecule has 0 bridgehead atoms. The van der Waals surface area contributed by atoms with Crippen LogP contribution in [0.15, 0.2) is 6.20 Å². The third-order valence-electron chi connectivity index (χ3n) is 1.59. The third kappa shape index (κ3) is 2.84. The molecule has 0 aliphatic rings. The molecule has 0 atom stereocenters. The van der Waals surface area contributed by atoms with E-state index in [1.807, 2.05) is 0 Å². The van der Waals surface area contributed by atoms with Crippen LogP contribution in [0.2, 0.25) is 10.2 Å². The number of carbonyl (C=O) groups excluding carboxylic acids is 1. The number of amidine groups is 1. The second kappa shape index (κ2) is 5.47. The first-order valence-corrected chi connectivity index (χ1v) is 5.88. The van der Waals surface area contributed by atoms with Crippen molar-refractivity contribution in [3.63, 3.8) is 0 Å². The van der Waals surface area contributed by atoms with Crippen molar-refractivity contribution < 1.29 is 9.18 Å². The minimum atomic E-state index is -0.952. The summed E-state index contributed by atoms with van der Waals surface area (Å²) in [5.41, 5.74) is -0.164. The Kier molecular flexibility index (Phi) is 4.52. The zero-order valence-corrected chi connectivity index (χ0v) is 10.3. The molecule has 2 N–H and O–H groups in total. The fourth-order valence-corrected chi connectivity index (χ4v) is 1.43. The van der Waals surface area contributed by atoms with Gasteiger partial charge in [-0.3, -0.25) is 10.2 Å². The number of carbonyl (C=O) groups is 1. The first kappa shape index (κ1) is 13.2. The van der Waals surface area contributed by atoms with Gasteiger partial charge >= 0.3 is 0 Å². The van der Waals surface area contributed by atoms with Gasteiger partial charge in [-0.15, -0.1) is 0 Å². The highest BCUT2D eigenvalue weighted by Crippen LogP contribution is 2.24. The molecule has 0 aliphatic carbocycles. The van der Waals surface area contributed by atoms with Crippen LogP contribution >= 0.6 is 35.0 Å². The number of nitrogens with one attached hydrogen (secondary N) is 2. The Balaban J connectivity index is 3.01. The molecule has 0 saturated heterocycles. The highest BCUT2D eigenvalue weighted by molar-refractivity contribution is 8.13. The van der Waals surface area contributed by atoms with Crippen LogP contribution in [0.5, 0.6) is 0 Å². The normalized spacial score (nSPS) is 10.0. The topological polar surface area (TPSA) is 65.8 Å². The van der Waals surface area contributed by atoms with Gasteiger partial charge in [0.1, 0.15) is 0 Å². The molecular weight excluding hydrogens is 276 g/mol. The van der Waals surface area contributed by atoms with Gasteiger partial charge < -0.3 is 5.32 Å². The molecule has 0 aliphatic heterocycles. The number of pyridine rings is 1. The average molecular weight is 282 g/mol. The average Bonchev–Trinajstić information content (AvgIpc) is 2.25.